The van der Waals surface area contributed by atoms with Crippen LogP contribution in [0, 0.1) is 0 Å². The van der Waals surface area contributed by atoms with Crippen LogP contribution in [0.1, 0.15) is 15.9 Å². The normalized spacial score (nSPS) is 12.0. The molecule has 0 radical (unpaired) electrons. The van der Waals surface area contributed by atoms with Gasteiger partial charge in [0.05, 0.1) is 23.9 Å². The Labute approximate surface area is 162 Å². The lowest BCUT2D eigenvalue weighted by Crippen LogP contribution is -2.09. The summed E-state index contributed by atoms with van der Waals surface area (Å²) in [5.41, 5.74) is 6.58. The van der Waals surface area contributed by atoms with Gasteiger partial charge in [0.15, 0.2) is 0 Å². The van der Waals surface area contributed by atoms with Crippen molar-refractivity contribution in [1.29, 1.82) is 0 Å². The molecule has 0 saturated heterocycles. The fourth-order valence-corrected chi connectivity index (χ4v) is 3.77. The third kappa shape index (κ3) is 2.54. The average Bonchev–Trinajstić information content (AvgIpc) is 2.77. The van der Waals surface area contributed by atoms with Gasteiger partial charge in [-0.3, -0.25) is 0 Å². The first kappa shape index (κ1) is 16.5. The van der Waals surface area contributed by atoms with Crippen LogP contribution in [0.15, 0.2) is 72.8 Å². The average molecular weight is 367 g/mol. The number of carbonyl (C=O) groups excluding carboxylic acids is 1. The molecule has 0 atom stereocenters. The van der Waals surface area contributed by atoms with Crippen LogP contribution in [-0.4, -0.2) is 18.1 Å². The Bertz CT molecular complexity index is 1210. The van der Waals surface area contributed by atoms with Crippen molar-refractivity contribution in [2.24, 2.45) is 0 Å². The van der Waals surface area contributed by atoms with Crippen molar-refractivity contribution < 1.29 is 14.3 Å². The molecule has 1 aliphatic rings. The molecule has 0 unspecified atom stereocenters. The molecule has 28 heavy (non-hydrogen) atoms. The monoisotopic (exact) mass is 367 g/mol. The van der Waals surface area contributed by atoms with E-state index in [1.807, 2.05) is 54.6 Å². The van der Waals surface area contributed by atoms with Gasteiger partial charge in [0.2, 0.25) is 0 Å². The number of hydrogen-bond donors (Lipinski definition) is 0. The number of aromatic nitrogens is 1. The predicted molar refractivity (Wildman–Crippen MR) is 108 cm³/mol. The second-order valence-corrected chi connectivity index (χ2v) is 6.68. The van der Waals surface area contributed by atoms with E-state index in [1.165, 1.54) is 7.11 Å². The first-order chi connectivity index (χ1) is 13.8. The van der Waals surface area contributed by atoms with Gasteiger partial charge in [0.25, 0.3) is 0 Å². The van der Waals surface area contributed by atoms with E-state index in [9.17, 15) is 4.79 Å². The quantitative estimate of drug-likeness (QED) is 0.454. The number of fused-ring (bicyclic) bond motifs is 4. The van der Waals surface area contributed by atoms with E-state index in [-0.39, 0.29) is 5.97 Å². The molecule has 1 aromatic heterocycles. The summed E-state index contributed by atoms with van der Waals surface area (Å²) in [7, 11) is 1.39. The summed E-state index contributed by atoms with van der Waals surface area (Å²) in [5.74, 6) is 0.509. The highest BCUT2D eigenvalue weighted by Crippen LogP contribution is 2.43. The maximum absolute atomic E-state index is 11.8. The molecule has 0 spiro atoms. The molecule has 1 aliphatic heterocycles. The van der Waals surface area contributed by atoms with Crippen molar-refractivity contribution in [3.63, 3.8) is 0 Å². The third-order valence-corrected chi connectivity index (χ3v) is 5.10. The summed E-state index contributed by atoms with van der Waals surface area (Å²) in [4.78, 5) is 16.7. The molecule has 0 N–H and O–H groups in total. The first-order valence-electron chi connectivity index (χ1n) is 9.09. The SMILES string of the molecule is COC(=O)c1ccc(-c2c3c(nc4ccccc24)-c2ccccc2OC3)cc1. The molecule has 5 rings (SSSR count). The van der Waals surface area contributed by atoms with Gasteiger partial charge >= 0.3 is 5.97 Å². The lowest BCUT2D eigenvalue weighted by molar-refractivity contribution is 0.0601. The molecule has 0 bridgehead atoms. The first-order valence-corrected chi connectivity index (χ1v) is 9.09. The van der Waals surface area contributed by atoms with E-state index < -0.39 is 0 Å². The number of nitrogens with zero attached hydrogens (tertiary/aromatic N) is 1. The molecule has 2 heterocycles. The molecule has 0 amide bonds. The number of rotatable bonds is 2. The number of carbonyl (C=O) groups is 1. The predicted octanol–water partition coefficient (Wildman–Crippen LogP) is 5.25. The zero-order valence-electron chi connectivity index (χ0n) is 15.3. The molecule has 4 nitrogen and oxygen atoms in total. The van der Waals surface area contributed by atoms with E-state index in [4.69, 9.17) is 14.5 Å². The Morgan fingerprint density at radius 1 is 0.964 bits per heavy atom. The summed E-state index contributed by atoms with van der Waals surface area (Å²) in [5, 5.41) is 1.06. The Hall–Kier alpha value is -3.66. The molecular formula is C24H17NO3. The highest BCUT2D eigenvalue weighted by Gasteiger charge is 2.24. The number of para-hydroxylation sites is 2. The van der Waals surface area contributed by atoms with Gasteiger partial charge in [-0.05, 0) is 41.5 Å². The Morgan fingerprint density at radius 3 is 2.54 bits per heavy atom. The zero-order valence-corrected chi connectivity index (χ0v) is 15.3. The minimum Gasteiger partial charge on any atom is -0.488 e. The van der Waals surface area contributed by atoms with E-state index in [0.29, 0.717) is 12.2 Å². The van der Waals surface area contributed by atoms with Crippen molar-refractivity contribution in [1.82, 2.24) is 4.98 Å². The number of hydrogen-bond acceptors (Lipinski definition) is 4. The topological polar surface area (TPSA) is 48.4 Å². The highest BCUT2D eigenvalue weighted by molar-refractivity contribution is 6.00. The fourth-order valence-electron chi connectivity index (χ4n) is 3.77. The lowest BCUT2D eigenvalue weighted by Gasteiger charge is -2.24. The van der Waals surface area contributed by atoms with Crippen LogP contribution in [0.3, 0.4) is 0 Å². The van der Waals surface area contributed by atoms with E-state index in [0.717, 1.165) is 44.6 Å². The smallest absolute Gasteiger partial charge is 0.337 e. The van der Waals surface area contributed by atoms with Crippen LogP contribution in [0.4, 0.5) is 0 Å². The Balaban J connectivity index is 1.78. The van der Waals surface area contributed by atoms with Gasteiger partial charge < -0.3 is 9.47 Å². The third-order valence-electron chi connectivity index (χ3n) is 5.10. The van der Waals surface area contributed by atoms with Crippen molar-refractivity contribution in [2.75, 3.05) is 7.11 Å². The van der Waals surface area contributed by atoms with Gasteiger partial charge in [0.1, 0.15) is 12.4 Å². The molecule has 0 saturated carbocycles. The standard InChI is InChI=1S/C24H17NO3/c1-27-24(26)16-12-10-15(11-13-16)22-17-6-2-4-8-20(17)25-23-18-7-3-5-9-21(18)28-14-19(22)23/h2-13H,14H2,1H3. The summed E-state index contributed by atoms with van der Waals surface area (Å²) < 4.78 is 10.8. The van der Waals surface area contributed by atoms with Gasteiger partial charge in [-0.25, -0.2) is 9.78 Å². The summed E-state index contributed by atoms with van der Waals surface area (Å²) >= 11 is 0. The van der Waals surface area contributed by atoms with Crippen molar-refractivity contribution >= 4 is 16.9 Å². The van der Waals surface area contributed by atoms with Crippen molar-refractivity contribution in [3.05, 3.63) is 83.9 Å². The van der Waals surface area contributed by atoms with Gasteiger partial charge in [-0.1, -0.05) is 42.5 Å². The minimum absolute atomic E-state index is 0.342. The number of esters is 1. The molecule has 136 valence electrons. The van der Waals surface area contributed by atoms with Crippen molar-refractivity contribution in [2.45, 2.75) is 6.61 Å². The Kier molecular flexibility index (Phi) is 3.83. The maximum Gasteiger partial charge on any atom is 0.337 e. The Morgan fingerprint density at radius 2 is 1.71 bits per heavy atom. The second kappa shape index (κ2) is 6.50. The van der Waals surface area contributed by atoms with Crippen LogP contribution < -0.4 is 4.74 Å². The number of ether oxygens (including phenoxy) is 2. The summed E-state index contributed by atoms with van der Waals surface area (Å²) in [6, 6.07) is 23.6. The van der Waals surface area contributed by atoms with Gasteiger partial charge in [-0.15, -0.1) is 0 Å². The number of methoxy groups -OCH3 is 1. The molecule has 0 aliphatic carbocycles. The summed E-state index contributed by atoms with van der Waals surface area (Å²) in [6.45, 7) is 0.457. The van der Waals surface area contributed by atoms with Crippen LogP contribution in [0.25, 0.3) is 33.3 Å². The molecular weight excluding hydrogens is 350 g/mol. The van der Waals surface area contributed by atoms with Crippen LogP contribution in [0.5, 0.6) is 5.75 Å². The van der Waals surface area contributed by atoms with Gasteiger partial charge in [0, 0.05) is 16.5 Å². The van der Waals surface area contributed by atoms with Crippen molar-refractivity contribution in [3.8, 4) is 28.1 Å². The van der Waals surface area contributed by atoms with Gasteiger partial charge in [-0.2, -0.15) is 0 Å². The van der Waals surface area contributed by atoms with Crippen LogP contribution in [0.2, 0.25) is 0 Å². The van der Waals surface area contributed by atoms with E-state index in [2.05, 4.69) is 6.07 Å². The number of benzene rings is 3. The number of pyridine rings is 1. The minimum atomic E-state index is -0.342. The zero-order chi connectivity index (χ0) is 19.1. The van der Waals surface area contributed by atoms with E-state index in [1.54, 1.807) is 12.1 Å². The summed E-state index contributed by atoms with van der Waals surface area (Å²) in [6.07, 6.45) is 0. The maximum atomic E-state index is 11.8. The highest BCUT2D eigenvalue weighted by atomic mass is 16.5. The molecule has 3 aromatic carbocycles. The largest absolute Gasteiger partial charge is 0.488 e. The second-order valence-electron chi connectivity index (χ2n) is 6.68. The molecule has 4 aromatic rings. The molecule has 0 fully saturated rings. The van der Waals surface area contributed by atoms with Crippen LogP contribution >= 0.6 is 0 Å². The lowest BCUT2D eigenvalue weighted by atomic mass is 9.90. The van der Waals surface area contributed by atoms with E-state index >= 15 is 0 Å². The van der Waals surface area contributed by atoms with Crippen LogP contribution in [-0.2, 0) is 11.3 Å². The molecule has 4 heteroatoms. The fraction of sp³-hybridized carbons (Fsp3) is 0.0833.